The van der Waals surface area contributed by atoms with Gasteiger partial charge in [-0.1, -0.05) is 83.9 Å². The van der Waals surface area contributed by atoms with Crippen molar-refractivity contribution in [3.05, 3.63) is 107 Å². The quantitative estimate of drug-likeness (QED) is 0.407. The molecule has 4 aromatic rings. The van der Waals surface area contributed by atoms with Crippen molar-refractivity contribution in [1.29, 1.82) is 0 Å². The van der Waals surface area contributed by atoms with Crippen LogP contribution < -0.4 is 5.32 Å². The molecule has 0 amide bonds. The van der Waals surface area contributed by atoms with Crippen LogP contribution in [0.4, 0.5) is 0 Å². The Morgan fingerprint density at radius 2 is 1.62 bits per heavy atom. The molecular weight excluding hydrogens is 378 g/mol. The van der Waals surface area contributed by atoms with E-state index in [1.54, 1.807) is 0 Å². The Kier molecular flexibility index (Phi) is 5.79. The Bertz CT molecular complexity index is 1080. The SMILES string of the molecule is Cc1ccc(-c2nn(-c3ccccc3Cl)cc2CN[C@H](C)c2ccccc2)cc1. The van der Waals surface area contributed by atoms with E-state index in [0.29, 0.717) is 11.6 Å². The number of benzene rings is 3. The molecule has 4 heteroatoms. The molecule has 3 nitrogen and oxygen atoms in total. The topological polar surface area (TPSA) is 29.9 Å². The molecule has 4 rings (SSSR count). The van der Waals surface area contributed by atoms with Gasteiger partial charge < -0.3 is 5.32 Å². The highest BCUT2D eigenvalue weighted by molar-refractivity contribution is 6.32. The molecule has 3 aromatic carbocycles. The van der Waals surface area contributed by atoms with E-state index >= 15 is 0 Å². The molecule has 0 aliphatic rings. The molecule has 29 heavy (non-hydrogen) atoms. The Hall–Kier alpha value is -2.88. The minimum absolute atomic E-state index is 0.241. The lowest BCUT2D eigenvalue weighted by molar-refractivity contribution is 0.575. The van der Waals surface area contributed by atoms with E-state index in [2.05, 4.69) is 73.9 Å². The molecule has 0 bridgehead atoms. The Balaban J connectivity index is 1.67. The minimum atomic E-state index is 0.241. The van der Waals surface area contributed by atoms with Crippen molar-refractivity contribution in [2.45, 2.75) is 26.4 Å². The van der Waals surface area contributed by atoms with Crippen LogP contribution in [-0.2, 0) is 6.54 Å². The van der Waals surface area contributed by atoms with Gasteiger partial charge in [-0.05, 0) is 31.5 Å². The number of nitrogens with zero attached hydrogens (tertiary/aromatic N) is 2. The number of aryl methyl sites for hydroxylation is 1. The molecule has 1 N–H and O–H groups in total. The van der Waals surface area contributed by atoms with Crippen LogP contribution in [0.1, 0.15) is 29.7 Å². The summed E-state index contributed by atoms with van der Waals surface area (Å²) in [6, 6.07) is 27.0. The normalized spacial score (nSPS) is 12.1. The van der Waals surface area contributed by atoms with E-state index in [4.69, 9.17) is 16.7 Å². The maximum atomic E-state index is 6.42. The zero-order chi connectivity index (χ0) is 20.2. The number of para-hydroxylation sites is 1. The summed E-state index contributed by atoms with van der Waals surface area (Å²) in [5.74, 6) is 0. The predicted molar refractivity (Wildman–Crippen MR) is 120 cm³/mol. The average molecular weight is 402 g/mol. The van der Waals surface area contributed by atoms with Gasteiger partial charge in [0.25, 0.3) is 0 Å². The molecule has 1 atom stereocenters. The first-order chi connectivity index (χ1) is 14.1. The second-order valence-corrected chi connectivity index (χ2v) is 7.69. The van der Waals surface area contributed by atoms with E-state index < -0.39 is 0 Å². The smallest absolute Gasteiger partial charge is 0.0972 e. The summed E-state index contributed by atoms with van der Waals surface area (Å²) in [5, 5.41) is 9.20. The Morgan fingerprint density at radius 1 is 0.931 bits per heavy atom. The third-order valence-corrected chi connectivity index (χ3v) is 5.43. The minimum Gasteiger partial charge on any atom is -0.306 e. The van der Waals surface area contributed by atoms with Gasteiger partial charge >= 0.3 is 0 Å². The van der Waals surface area contributed by atoms with E-state index in [-0.39, 0.29) is 6.04 Å². The maximum absolute atomic E-state index is 6.42. The van der Waals surface area contributed by atoms with E-state index in [1.165, 1.54) is 11.1 Å². The van der Waals surface area contributed by atoms with Crippen LogP contribution in [-0.4, -0.2) is 9.78 Å². The number of nitrogens with one attached hydrogen (secondary N) is 1. The Labute approximate surface area is 177 Å². The zero-order valence-electron chi connectivity index (χ0n) is 16.6. The first kappa shape index (κ1) is 19.4. The van der Waals surface area contributed by atoms with Crippen molar-refractivity contribution in [2.24, 2.45) is 0 Å². The summed E-state index contributed by atoms with van der Waals surface area (Å²) in [6.45, 7) is 4.99. The lowest BCUT2D eigenvalue weighted by Crippen LogP contribution is -2.18. The van der Waals surface area contributed by atoms with E-state index in [0.717, 1.165) is 22.5 Å². The summed E-state index contributed by atoms with van der Waals surface area (Å²) in [4.78, 5) is 0. The molecule has 0 radical (unpaired) electrons. The lowest BCUT2D eigenvalue weighted by Gasteiger charge is -2.14. The number of aromatic nitrogens is 2. The van der Waals surface area contributed by atoms with Crippen molar-refractivity contribution in [2.75, 3.05) is 0 Å². The molecule has 0 aliphatic heterocycles. The highest BCUT2D eigenvalue weighted by atomic mass is 35.5. The molecule has 0 aliphatic carbocycles. The molecule has 0 saturated carbocycles. The van der Waals surface area contributed by atoms with Crippen molar-refractivity contribution in [3.63, 3.8) is 0 Å². The van der Waals surface area contributed by atoms with Crippen LogP contribution in [0.2, 0.25) is 5.02 Å². The Morgan fingerprint density at radius 3 is 2.34 bits per heavy atom. The number of hydrogen-bond acceptors (Lipinski definition) is 2. The monoisotopic (exact) mass is 401 g/mol. The molecule has 146 valence electrons. The molecule has 1 heterocycles. The van der Waals surface area contributed by atoms with E-state index in [1.807, 2.05) is 35.0 Å². The van der Waals surface area contributed by atoms with Gasteiger partial charge in [0.1, 0.15) is 0 Å². The number of halogens is 1. The molecule has 0 fully saturated rings. The van der Waals surface area contributed by atoms with Crippen molar-refractivity contribution in [3.8, 4) is 16.9 Å². The molecule has 0 spiro atoms. The third-order valence-electron chi connectivity index (χ3n) is 5.11. The first-order valence-corrected chi connectivity index (χ1v) is 10.2. The predicted octanol–water partition coefficient (Wildman–Crippen LogP) is 6.35. The van der Waals surface area contributed by atoms with Gasteiger partial charge in [0.05, 0.1) is 16.4 Å². The molecule has 1 aromatic heterocycles. The van der Waals surface area contributed by atoms with Crippen LogP contribution >= 0.6 is 11.6 Å². The number of hydrogen-bond donors (Lipinski definition) is 1. The fourth-order valence-electron chi connectivity index (χ4n) is 3.38. The van der Waals surface area contributed by atoms with Crippen LogP contribution in [0.3, 0.4) is 0 Å². The molecule has 0 saturated heterocycles. The van der Waals surface area contributed by atoms with Crippen LogP contribution in [0, 0.1) is 6.92 Å². The maximum Gasteiger partial charge on any atom is 0.0972 e. The highest BCUT2D eigenvalue weighted by Crippen LogP contribution is 2.27. The van der Waals surface area contributed by atoms with Crippen LogP contribution in [0.15, 0.2) is 85.1 Å². The first-order valence-electron chi connectivity index (χ1n) is 9.80. The third kappa shape index (κ3) is 4.42. The van der Waals surface area contributed by atoms with Crippen LogP contribution in [0.5, 0.6) is 0 Å². The highest BCUT2D eigenvalue weighted by Gasteiger charge is 2.15. The zero-order valence-corrected chi connectivity index (χ0v) is 17.4. The van der Waals surface area contributed by atoms with Gasteiger partial charge in [-0.25, -0.2) is 4.68 Å². The molecule has 0 unspecified atom stereocenters. The van der Waals surface area contributed by atoms with Crippen molar-refractivity contribution in [1.82, 2.24) is 15.1 Å². The van der Waals surface area contributed by atoms with Crippen molar-refractivity contribution >= 4 is 11.6 Å². The van der Waals surface area contributed by atoms with Crippen LogP contribution in [0.25, 0.3) is 16.9 Å². The van der Waals surface area contributed by atoms with Gasteiger partial charge in [-0.3, -0.25) is 0 Å². The second-order valence-electron chi connectivity index (χ2n) is 7.28. The standard InChI is InChI=1S/C25H24ClN3/c1-18-12-14-21(15-13-18)25-22(16-27-19(2)20-8-4-3-5-9-20)17-29(28-25)24-11-7-6-10-23(24)26/h3-15,17,19,27H,16H2,1-2H3/t19-/m1/s1. The van der Waals surface area contributed by atoms with E-state index in [9.17, 15) is 0 Å². The van der Waals surface area contributed by atoms with Gasteiger partial charge in [0, 0.05) is 29.9 Å². The average Bonchev–Trinajstić information content (AvgIpc) is 3.17. The number of rotatable bonds is 6. The van der Waals surface area contributed by atoms with Gasteiger partial charge in [0.2, 0.25) is 0 Å². The fourth-order valence-corrected chi connectivity index (χ4v) is 3.60. The summed E-state index contributed by atoms with van der Waals surface area (Å²) in [5.41, 5.74) is 6.59. The summed E-state index contributed by atoms with van der Waals surface area (Å²) < 4.78 is 1.88. The second kappa shape index (κ2) is 8.64. The van der Waals surface area contributed by atoms with Gasteiger partial charge in [-0.2, -0.15) is 5.10 Å². The summed E-state index contributed by atoms with van der Waals surface area (Å²) >= 11 is 6.42. The lowest BCUT2D eigenvalue weighted by atomic mass is 10.1. The fraction of sp³-hybridized carbons (Fsp3) is 0.160. The van der Waals surface area contributed by atoms with Gasteiger partial charge in [-0.15, -0.1) is 0 Å². The largest absolute Gasteiger partial charge is 0.306 e. The van der Waals surface area contributed by atoms with Gasteiger partial charge in [0.15, 0.2) is 0 Å². The van der Waals surface area contributed by atoms with Crippen molar-refractivity contribution < 1.29 is 0 Å². The molecular formula is C25H24ClN3. The summed E-state index contributed by atoms with van der Waals surface area (Å²) in [6.07, 6.45) is 2.07. The summed E-state index contributed by atoms with van der Waals surface area (Å²) in [7, 11) is 0.